The van der Waals surface area contributed by atoms with Gasteiger partial charge in [-0.3, -0.25) is 0 Å². The number of nitrogens with zero attached hydrogens (tertiary/aromatic N) is 2. The standard InChI is InChI=1S/C9H13N5O/c1-11-7-3-2-6-9(13-7)14-8(12-6)5(10)4-15/h2-3,5,15H,4,10H2,1H3,(H2,11,12,13,14). The summed E-state index contributed by atoms with van der Waals surface area (Å²) >= 11 is 0. The predicted molar refractivity (Wildman–Crippen MR) is 57.4 cm³/mol. The summed E-state index contributed by atoms with van der Waals surface area (Å²) in [5.41, 5.74) is 7.05. The van der Waals surface area contributed by atoms with Gasteiger partial charge in [-0.2, -0.15) is 0 Å². The van der Waals surface area contributed by atoms with Crippen molar-refractivity contribution in [3.63, 3.8) is 0 Å². The topological polar surface area (TPSA) is 99.9 Å². The maximum atomic E-state index is 8.90. The minimum atomic E-state index is -0.489. The number of hydrogen-bond acceptors (Lipinski definition) is 5. The molecule has 2 aromatic heterocycles. The summed E-state index contributed by atoms with van der Waals surface area (Å²) in [7, 11) is 1.79. The van der Waals surface area contributed by atoms with Crippen LogP contribution in [0.2, 0.25) is 0 Å². The van der Waals surface area contributed by atoms with Gasteiger partial charge >= 0.3 is 0 Å². The Labute approximate surface area is 86.5 Å². The highest BCUT2D eigenvalue weighted by atomic mass is 16.3. The van der Waals surface area contributed by atoms with E-state index in [1.54, 1.807) is 7.05 Å². The van der Waals surface area contributed by atoms with E-state index < -0.39 is 6.04 Å². The van der Waals surface area contributed by atoms with E-state index >= 15 is 0 Å². The smallest absolute Gasteiger partial charge is 0.179 e. The molecule has 0 radical (unpaired) electrons. The Bertz CT molecular complexity index is 466. The van der Waals surface area contributed by atoms with Crippen LogP contribution in [0.15, 0.2) is 12.1 Å². The van der Waals surface area contributed by atoms with Crippen LogP contribution in [0.4, 0.5) is 5.82 Å². The van der Waals surface area contributed by atoms with E-state index in [1.165, 1.54) is 0 Å². The van der Waals surface area contributed by atoms with Crippen LogP contribution in [0.1, 0.15) is 11.9 Å². The number of aliphatic hydroxyl groups excluding tert-OH is 1. The predicted octanol–water partition coefficient (Wildman–Crippen LogP) is -0.00830. The zero-order valence-corrected chi connectivity index (χ0v) is 8.36. The number of aliphatic hydroxyl groups is 1. The lowest BCUT2D eigenvalue weighted by atomic mass is 10.3. The fourth-order valence-electron chi connectivity index (χ4n) is 1.31. The average Bonchev–Trinajstić information content (AvgIpc) is 2.70. The molecular formula is C9H13N5O. The van der Waals surface area contributed by atoms with E-state index in [0.717, 1.165) is 11.3 Å². The Kier molecular flexibility index (Phi) is 2.53. The number of nitrogens with two attached hydrogens (primary N) is 1. The largest absolute Gasteiger partial charge is 0.394 e. The second-order valence-corrected chi connectivity index (χ2v) is 3.23. The summed E-state index contributed by atoms with van der Waals surface area (Å²) in [5, 5.41) is 11.8. The zero-order valence-electron chi connectivity index (χ0n) is 8.36. The Morgan fingerprint density at radius 2 is 2.33 bits per heavy atom. The van der Waals surface area contributed by atoms with Gasteiger partial charge in [0, 0.05) is 7.05 Å². The van der Waals surface area contributed by atoms with E-state index in [2.05, 4.69) is 20.3 Å². The molecule has 0 fully saturated rings. The summed E-state index contributed by atoms with van der Waals surface area (Å²) in [6.07, 6.45) is 0. The molecule has 0 amide bonds. The molecule has 0 saturated carbocycles. The quantitative estimate of drug-likeness (QED) is 0.567. The minimum absolute atomic E-state index is 0.140. The summed E-state index contributed by atoms with van der Waals surface area (Å²) in [4.78, 5) is 11.5. The van der Waals surface area contributed by atoms with Crippen molar-refractivity contribution >= 4 is 17.0 Å². The maximum Gasteiger partial charge on any atom is 0.179 e. The molecule has 0 saturated heterocycles. The first-order valence-electron chi connectivity index (χ1n) is 4.65. The number of nitrogens with one attached hydrogen (secondary N) is 2. The minimum Gasteiger partial charge on any atom is -0.394 e. The molecule has 6 nitrogen and oxygen atoms in total. The van der Waals surface area contributed by atoms with Gasteiger partial charge in [0.1, 0.15) is 11.6 Å². The zero-order chi connectivity index (χ0) is 10.8. The van der Waals surface area contributed by atoms with Gasteiger partial charge in [0.2, 0.25) is 0 Å². The average molecular weight is 207 g/mol. The Hall–Kier alpha value is -1.66. The second-order valence-electron chi connectivity index (χ2n) is 3.23. The number of pyridine rings is 1. The highest BCUT2D eigenvalue weighted by molar-refractivity contribution is 5.72. The van der Waals surface area contributed by atoms with E-state index in [0.29, 0.717) is 11.5 Å². The van der Waals surface area contributed by atoms with Crippen molar-refractivity contribution in [2.75, 3.05) is 19.0 Å². The lowest BCUT2D eigenvalue weighted by molar-refractivity contribution is 0.264. The SMILES string of the molecule is CNc1ccc2[nH]c(C(N)CO)nc2n1. The van der Waals surface area contributed by atoms with Gasteiger partial charge in [0.25, 0.3) is 0 Å². The van der Waals surface area contributed by atoms with Gasteiger partial charge in [0.05, 0.1) is 18.2 Å². The number of aromatic amines is 1. The molecule has 2 rings (SSSR count). The molecule has 2 heterocycles. The Morgan fingerprint density at radius 1 is 1.53 bits per heavy atom. The number of anilines is 1. The van der Waals surface area contributed by atoms with Crippen molar-refractivity contribution in [3.8, 4) is 0 Å². The lowest BCUT2D eigenvalue weighted by Crippen LogP contribution is -2.15. The summed E-state index contributed by atoms with van der Waals surface area (Å²) in [6.45, 7) is -0.140. The molecule has 80 valence electrons. The molecule has 0 spiro atoms. The van der Waals surface area contributed by atoms with Crippen LogP contribution >= 0.6 is 0 Å². The Balaban J connectivity index is 2.46. The van der Waals surface area contributed by atoms with Gasteiger partial charge in [-0.1, -0.05) is 0 Å². The van der Waals surface area contributed by atoms with Crippen molar-refractivity contribution in [1.82, 2.24) is 15.0 Å². The number of H-pyrrole nitrogens is 1. The molecule has 0 aliphatic heterocycles. The third-order valence-electron chi connectivity index (χ3n) is 2.17. The highest BCUT2D eigenvalue weighted by Crippen LogP contribution is 2.15. The van der Waals surface area contributed by atoms with E-state index in [4.69, 9.17) is 10.8 Å². The van der Waals surface area contributed by atoms with Gasteiger partial charge in [-0.25, -0.2) is 9.97 Å². The van der Waals surface area contributed by atoms with Crippen LogP contribution in [-0.2, 0) is 0 Å². The van der Waals surface area contributed by atoms with Crippen LogP contribution in [0.25, 0.3) is 11.2 Å². The summed E-state index contributed by atoms with van der Waals surface area (Å²) < 4.78 is 0. The van der Waals surface area contributed by atoms with Crippen molar-refractivity contribution < 1.29 is 5.11 Å². The molecule has 1 unspecified atom stereocenters. The van der Waals surface area contributed by atoms with Crippen LogP contribution < -0.4 is 11.1 Å². The number of rotatable bonds is 3. The first-order valence-corrected chi connectivity index (χ1v) is 4.65. The second kappa shape index (κ2) is 3.84. The third kappa shape index (κ3) is 1.77. The van der Waals surface area contributed by atoms with Crippen molar-refractivity contribution in [3.05, 3.63) is 18.0 Å². The van der Waals surface area contributed by atoms with Crippen LogP contribution in [0, 0.1) is 0 Å². The highest BCUT2D eigenvalue weighted by Gasteiger charge is 2.10. The fraction of sp³-hybridized carbons (Fsp3) is 0.333. The van der Waals surface area contributed by atoms with Gasteiger partial charge < -0.3 is 21.1 Å². The molecule has 0 aliphatic rings. The molecule has 5 N–H and O–H groups in total. The van der Waals surface area contributed by atoms with E-state index in [1.807, 2.05) is 12.1 Å². The molecule has 15 heavy (non-hydrogen) atoms. The van der Waals surface area contributed by atoms with Gasteiger partial charge in [-0.15, -0.1) is 0 Å². The van der Waals surface area contributed by atoms with Crippen molar-refractivity contribution in [2.45, 2.75) is 6.04 Å². The number of fused-ring (bicyclic) bond motifs is 1. The molecule has 0 aliphatic carbocycles. The third-order valence-corrected chi connectivity index (χ3v) is 2.17. The van der Waals surface area contributed by atoms with Crippen molar-refractivity contribution in [1.29, 1.82) is 0 Å². The van der Waals surface area contributed by atoms with Gasteiger partial charge in [0.15, 0.2) is 5.65 Å². The van der Waals surface area contributed by atoms with Crippen LogP contribution in [0.3, 0.4) is 0 Å². The van der Waals surface area contributed by atoms with Crippen LogP contribution in [0.5, 0.6) is 0 Å². The maximum absolute atomic E-state index is 8.90. The molecule has 0 aromatic carbocycles. The number of aromatic nitrogens is 3. The molecule has 2 aromatic rings. The van der Waals surface area contributed by atoms with E-state index in [-0.39, 0.29) is 6.61 Å². The summed E-state index contributed by atoms with van der Waals surface area (Å²) in [6, 6.07) is 3.22. The number of hydrogen-bond donors (Lipinski definition) is 4. The van der Waals surface area contributed by atoms with Crippen LogP contribution in [-0.4, -0.2) is 33.7 Å². The Morgan fingerprint density at radius 3 is 3.00 bits per heavy atom. The normalized spacial score (nSPS) is 13.0. The van der Waals surface area contributed by atoms with Gasteiger partial charge in [-0.05, 0) is 12.1 Å². The number of imidazole rings is 1. The fourth-order valence-corrected chi connectivity index (χ4v) is 1.31. The molecule has 0 bridgehead atoms. The molecular weight excluding hydrogens is 194 g/mol. The monoisotopic (exact) mass is 207 g/mol. The summed E-state index contributed by atoms with van der Waals surface area (Å²) in [5.74, 6) is 1.30. The van der Waals surface area contributed by atoms with E-state index in [9.17, 15) is 0 Å². The van der Waals surface area contributed by atoms with Crippen molar-refractivity contribution in [2.24, 2.45) is 5.73 Å². The first-order chi connectivity index (χ1) is 7.24. The molecule has 6 heteroatoms. The first kappa shape index (κ1) is 9.88. The molecule has 1 atom stereocenters. The lowest BCUT2D eigenvalue weighted by Gasteiger charge is -2.01.